The number of halogens is 1. The fraction of sp³-hybridized carbons (Fsp3) is 0.136. The van der Waals surface area contributed by atoms with E-state index in [9.17, 15) is 13.2 Å². The summed E-state index contributed by atoms with van der Waals surface area (Å²) in [6.07, 6.45) is 0. The molecule has 0 atom stereocenters. The van der Waals surface area contributed by atoms with Crippen LogP contribution in [0.15, 0.2) is 65.6 Å². The molecule has 3 aromatic carbocycles. The first-order valence-electron chi connectivity index (χ1n) is 8.94. The molecule has 0 saturated heterocycles. The lowest BCUT2D eigenvalue weighted by Gasteiger charge is -2.15. The summed E-state index contributed by atoms with van der Waals surface area (Å²) in [6, 6.07) is 16.7. The van der Waals surface area contributed by atoms with E-state index in [1.54, 1.807) is 67.6 Å². The molecule has 150 valence electrons. The average Bonchev–Trinajstić information content (AvgIpc) is 2.66. The predicted molar refractivity (Wildman–Crippen MR) is 117 cm³/mol. The summed E-state index contributed by atoms with van der Waals surface area (Å²) in [7, 11) is -3.76. The van der Waals surface area contributed by atoms with Gasteiger partial charge in [-0.2, -0.15) is 0 Å². The zero-order valence-corrected chi connectivity index (χ0v) is 17.9. The third kappa shape index (κ3) is 4.78. The standard InChI is InChI=1S/C22H21ClN2O3S/c1-14-7-10-18(11-8-14)29(27,28)25-21-6-4-5-19(16(21)3)22(26)24-20-12-9-17(23)13-15(20)2/h4-13,25H,1-3H3,(H,24,26). The van der Waals surface area contributed by atoms with E-state index in [1.807, 2.05) is 13.8 Å². The summed E-state index contributed by atoms with van der Waals surface area (Å²) < 4.78 is 28.0. The van der Waals surface area contributed by atoms with E-state index in [0.717, 1.165) is 11.1 Å². The highest BCUT2D eigenvalue weighted by molar-refractivity contribution is 7.92. The molecule has 0 fully saturated rings. The van der Waals surface area contributed by atoms with Gasteiger partial charge in [-0.25, -0.2) is 8.42 Å². The Bertz CT molecular complexity index is 1170. The quantitative estimate of drug-likeness (QED) is 0.577. The zero-order chi connectivity index (χ0) is 21.2. The maximum absolute atomic E-state index is 12.8. The average molecular weight is 429 g/mol. The van der Waals surface area contributed by atoms with Crippen molar-refractivity contribution in [2.45, 2.75) is 25.7 Å². The molecule has 0 spiro atoms. The SMILES string of the molecule is Cc1ccc(S(=O)(=O)Nc2cccc(C(=O)Nc3ccc(Cl)cc3C)c2C)cc1. The van der Waals surface area contributed by atoms with Crippen molar-refractivity contribution in [3.05, 3.63) is 87.9 Å². The van der Waals surface area contributed by atoms with Gasteiger partial charge in [-0.15, -0.1) is 0 Å². The number of carbonyl (C=O) groups excluding carboxylic acids is 1. The van der Waals surface area contributed by atoms with Gasteiger partial charge < -0.3 is 5.32 Å². The topological polar surface area (TPSA) is 75.3 Å². The van der Waals surface area contributed by atoms with Gasteiger partial charge in [0.2, 0.25) is 0 Å². The number of benzene rings is 3. The summed E-state index contributed by atoms with van der Waals surface area (Å²) in [5.41, 5.74) is 3.71. The first-order chi connectivity index (χ1) is 13.7. The van der Waals surface area contributed by atoms with Gasteiger partial charge >= 0.3 is 0 Å². The molecule has 3 aromatic rings. The van der Waals surface area contributed by atoms with Crippen molar-refractivity contribution in [3.8, 4) is 0 Å². The molecule has 29 heavy (non-hydrogen) atoms. The van der Waals surface area contributed by atoms with E-state index in [2.05, 4.69) is 10.0 Å². The molecular formula is C22H21ClN2O3S. The van der Waals surface area contributed by atoms with E-state index in [-0.39, 0.29) is 10.8 Å². The van der Waals surface area contributed by atoms with Crippen molar-refractivity contribution in [1.29, 1.82) is 0 Å². The number of amides is 1. The van der Waals surface area contributed by atoms with Crippen LogP contribution in [0.3, 0.4) is 0 Å². The number of rotatable bonds is 5. The van der Waals surface area contributed by atoms with Crippen molar-refractivity contribution in [1.82, 2.24) is 0 Å². The molecular weight excluding hydrogens is 408 g/mol. The Morgan fingerprint density at radius 1 is 0.897 bits per heavy atom. The molecule has 0 heterocycles. The Morgan fingerprint density at radius 3 is 2.24 bits per heavy atom. The fourth-order valence-electron chi connectivity index (χ4n) is 2.87. The Kier molecular flexibility index (Phi) is 5.96. The van der Waals surface area contributed by atoms with Gasteiger partial charge in [0.15, 0.2) is 0 Å². The van der Waals surface area contributed by atoms with Crippen LogP contribution in [0.2, 0.25) is 5.02 Å². The number of nitrogens with one attached hydrogen (secondary N) is 2. The lowest BCUT2D eigenvalue weighted by molar-refractivity contribution is 0.102. The molecule has 0 aliphatic rings. The molecule has 2 N–H and O–H groups in total. The number of hydrogen-bond donors (Lipinski definition) is 2. The Hall–Kier alpha value is -2.83. The predicted octanol–water partition coefficient (Wildman–Crippen LogP) is 5.32. The number of hydrogen-bond acceptors (Lipinski definition) is 3. The third-order valence-electron chi connectivity index (χ3n) is 4.59. The van der Waals surface area contributed by atoms with Crippen LogP contribution in [0.5, 0.6) is 0 Å². The minimum atomic E-state index is -3.76. The molecule has 5 nitrogen and oxygen atoms in total. The van der Waals surface area contributed by atoms with Crippen molar-refractivity contribution in [2.75, 3.05) is 10.0 Å². The number of anilines is 2. The maximum atomic E-state index is 12.8. The van der Waals surface area contributed by atoms with Gasteiger partial charge in [-0.1, -0.05) is 35.4 Å². The zero-order valence-electron chi connectivity index (χ0n) is 16.3. The van der Waals surface area contributed by atoms with E-state index in [1.165, 1.54) is 0 Å². The van der Waals surface area contributed by atoms with Crippen LogP contribution in [-0.4, -0.2) is 14.3 Å². The van der Waals surface area contributed by atoms with Crippen molar-refractivity contribution in [2.24, 2.45) is 0 Å². The largest absolute Gasteiger partial charge is 0.322 e. The first kappa shape index (κ1) is 20.9. The molecule has 3 rings (SSSR count). The Labute approximate surface area is 175 Å². The van der Waals surface area contributed by atoms with Crippen LogP contribution >= 0.6 is 11.6 Å². The highest BCUT2D eigenvalue weighted by atomic mass is 35.5. The van der Waals surface area contributed by atoms with Crippen molar-refractivity contribution < 1.29 is 13.2 Å². The van der Waals surface area contributed by atoms with Crippen LogP contribution < -0.4 is 10.0 Å². The normalized spacial score (nSPS) is 11.2. The summed E-state index contributed by atoms with van der Waals surface area (Å²) >= 11 is 5.96. The molecule has 0 saturated carbocycles. The van der Waals surface area contributed by atoms with Crippen LogP contribution in [0.1, 0.15) is 27.0 Å². The summed E-state index contributed by atoms with van der Waals surface area (Å²) in [5, 5.41) is 3.43. The van der Waals surface area contributed by atoms with Gasteiger partial charge in [-0.05, 0) is 74.4 Å². The Balaban J connectivity index is 1.87. The number of carbonyl (C=O) groups is 1. The molecule has 0 aromatic heterocycles. The molecule has 7 heteroatoms. The van der Waals surface area contributed by atoms with Crippen LogP contribution in [-0.2, 0) is 10.0 Å². The molecule has 1 amide bonds. The minimum Gasteiger partial charge on any atom is -0.322 e. The maximum Gasteiger partial charge on any atom is 0.261 e. The number of sulfonamides is 1. The smallest absolute Gasteiger partial charge is 0.261 e. The molecule has 0 aliphatic carbocycles. The van der Waals surface area contributed by atoms with Gasteiger partial charge in [0.25, 0.3) is 15.9 Å². The molecule has 0 radical (unpaired) electrons. The highest BCUT2D eigenvalue weighted by Crippen LogP contribution is 2.25. The fourth-order valence-corrected chi connectivity index (χ4v) is 4.22. The van der Waals surface area contributed by atoms with Gasteiger partial charge in [-0.3, -0.25) is 9.52 Å². The van der Waals surface area contributed by atoms with Crippen molar-refractivity contribution in [3.63, 3.8) is 0 Å². The van der Waals surface area contributed by atoms with Crippen LogP contribution in [0.25, 0.3) is 0 Å². The van der Waals surface area contributed by atoms with E-state index >= 15 is 0 Å². The van der Waals surface area contributed by atoms with E-state index in [0.29, 0.717) is 27.5 Å². The third-order valence-corrected chi connectivity index (χ3v) is 6.21. The molecule has 0 aliphatic heterocycles. The highest BCUT2D eigenvalue weighted by Gasteiger charge is 2.18. The molecule has 0 unspecified atom stereocenters. The summed E-state index contributed by atoms with van der Waals surface area (Å²) in [5.74, 6) is -0.329. The molecule has 0 bridgehead atoms. The van der Waals surface area contributed by atoms with Crippen molar-refractivity contribution >= 4 is 38.9 Å². The second kappa shape index (κ2) is 8.27. The minimum absolute atomic E-state index is 0.161. The van der Waals surface area contributed by atoms with Crippen LogP contribution in [0.4, 0.5) is 11.4 Å². The second-order valence-electron chi connectivity index (χ2n) is 6.81. The lowest BCUT2D eigenvalue weighted by Crippen LogP contribution is -2.17. The van der Waals surface area contributed by atoms with Crippen LogP contribution in [0, 0.1) is 20.8 Å². The van der Waals surface area contributed by atoms with Gasteiger partial charge in [0.1, 0.15) is 0 Å². The lowest BCUT2D eigenvalue weighted by atomic mass is 10.1. The summed E-state index contributed by atoms with van der Waals surface area (Å²) in [4.78, 5) is 12.9. The van der Waals surface area contributed by atoms with E-state index in [4.69, 9.17) is 11.6 Å². The monoisotopic (exact) mass is 428 g/mol. The van der Waals surface area contributed by atoms with Gasteiger partial charge in [0.05, 0.1) is 10.6 Å². The van der Waals surface area contributed by atoms with Gasteiger partial charge in [0, 0.05) is 16.3 Å². The summed E-state index contributed by atoms with van der Waals surface area (Å²) in [6.45, 7) is 5.44. The number of aryl methyl sites for hydroxylation is 2. The first-order valence-corrected chi connectivity index (χ1v) is 10.8. The Morgan fingerprint density at radius 2 is 1.59 bits per heavy atom. The second-order valence-corrected chi connectivity index (χ2v) is 8.93. The van der Waals surface area contributed by atoms with E-state index < -0.39 is 10.0 Å².